The Hall–Kier alpha value is -1.53. The molecule has 18 heavy (non-hydrogen) atoms. The zero-order chi connectivity index (χ0) is 13.0. The second kappa shape index (κ2) is 5.88. The number of esters is 1. The summed E-state index contributed by atoms with van der Waals surface area (Å²) >= 11 is 1.34. The summed E-state index contributed by atoms with van der Waals surface area (Å²) in [5, 5.41) is 8.74. The maximum Gasteiger partial charge on any atom is 0.338 e. The van der Waals surface area contributed by atoms with Gasteiger partial charge in [-0.05, 0) is 12.1 Å². The van der Waals surface area contributed by atoms with Crippen molar-refractivity contribution in [2.75, 3.05) is 12.4 Å². The first-order valence-electron chi connectivity index (χ1n) is 5.39. The summed E-state index contributed by atoms with van der Waals surface area (Å²) in [4.78, 5) is 22.3. The van der Waals surface area contributed by atoms with Crippen LogP contribution in [0, 0.1) is 0 Å². The maximum absolute atomic E-state index is 11.6. The number of ether oxygens (including phenoxy) is 2. The van der Waals surface area contributed by atoms with Crippen LogP contribution in [0.15, 0.2) is 30.3 Å². The van der Waals surface area contributed by atoms with Gasteiger partial charge in [0.05, 0.1) is 5.56 Å². The summed E-state index contributed by atoms with van der Waals surface area (Å²) in [5.41, 5.74) is 0.0639. The summed E-state index contributed by atoms with van der Waals surface area (Å²) in [6.45, 7) is 0.0577. The fourth-order valence-corrected chi connectivity index (χ4v) is 2.46. The molecular formula is C12H12O5S. The van der Waals surface area contributed by atoms with E-state index in [4.69, 9.17) is 14.6 Å². The molecule has 0 spiro atoms. The molecule has 2 atom stereocenters. The number of hydrogen-bond donors (Lipinski definition) is 1. The number of carboxylic acids is 1. The van der Waals surface area contributed by atoms with Crippen molar-refractivity contribution in [3.8, 4) is 0 Å². The molecular weight excluding hydrogens is 256 g/mol. The fourth-order valence-electron chi connectivity index (χ4n) is 1.47. The summed E-state index contributed by atoms with van der Waals surface area (Å²) in [5.74, 6) is -1.04. The van der Waals surface area contributed by atoms with Gasteiger partial charge < -0.3 is 14.6 Å². The van der Waals surface area contributed by atoms with Crippen molar-refractivity contribution >= 4 is 23.7 Å². The second-order valence-electron chi connectivity index (χ2n) is 3.69. The zero-order valence-electron chi connectivity index (χ0n) is 9.44. The third-order valence-electron chi connectivity index (χ3n) is 2.38. The van der Waals surface area contributed by atoms with E-state index in [0.29, 0.717) is 11.3 Å². The molecule has 1 aliphatic rings. The lowest BCUT2D eigenvalue weighted by Gasteiger charge is -2.10. The molecule has 1 saturated heterocycles. The van der Waals surface area contributed by atoms with Crippen LogP contribution in [0.1, 0.15) is 10.4 Å². The van der Waals surface area contributed by atoms with Crippen LogP contribution in [0.5, 0.6) is 0 Å². The SMILES string of the molecule is O=C(OC[C@@H]1O[C@@H](C(=O)O)CS1)c1ccccc1. The van der Waals surface area contributed by atoms with E-state index < -0.39 is 23.5 Å². The van der Waals surface area contributed by atoms with Crippen LogP contribution in [-0.2, 0) is 14.3 Å². The molecule has 0 bridgehead atoms. The molecule has 0 radical (unpaired) electrons. The number of carbonyl (C=O) groups is 2. The predicted molar refractivity (Wildman–Crippen MR) is 65.5 cm³/mol. The van der Waals surface area contributed by atoms with Crippen LogP contribution in [0.2, 0.25) is 0 Å². The van der Waals surface area contributed by atoms with Crippen molar-refractivity contribution < 1.29 is 24.2 Å². The van der Waals surface area contributed by atoms with E-state index in [2.05, 4.69) is 0 Å². The van der Waals surface area contributed by atoms with Crippen molar-refractivity contribution in [2.45, 2.75) is 11.5 Å². The normalized spacial score (nSPS) is 22.7. The first-order valence-corrected chi connectivity index (χ1v) is 6.44. The minimum absolute atomic E-state index is 0.0577. The molecule has 2 rings (SSSR count). The lowest BCUT2D eigenvalue weighted by Crippen LogP contribution is -2.24. The van der Waals surface area contributed by atoms with Crippen LogP contribution in [-0.4, -0.2) is 40.9 Å². The molecule has 96 valence electrons. The summed E-state index contributed by atoms with van der Waals surface area (Å²) in [7, 11) is 0. The number of aliphatic carboxylic acids is 1. The Morgan fingerprint density at radius 1 is 1.39 bits per heavy atom. The predicted octanol–water partition coefficient (Wildman–Crippen LogP) is 1.39. The summed E-state index contributed by atoms with van der Waals surface area (Å²) in [6.07, 6.45) is -0.810. The van der Waals surface area contributed by atoms with Gasteiger partial charge in [-0.25, -0.2) is 9.59 Å². The van der Waals surface area contributed by atoms with E-state index in [-0.39, 0.29) is 6.61 Å². The van der Waals surface area contributed by atoms with Crippen molar-refractivity contribution in [3.05, 3.63) is 35.9 Å². The quantitative estimate of drug-likeness (QED) is 0.832. The summed E-state index contributed by atoms with van der Waals surface area (Å²) in [6, 6.07) is 8.62. The molecule has 1 N–H and O–H groups in total. The van der Waals surface area contributed by atoms with E-state index in [1.54, 1.807) is 24.3 Å². The average Bonchev–Trinajstić information content (AvgIpc) is 2.86. The number of rotatable bonds is 4. The minimum Gasteiger partial charge on any atom is -0.479 e. The van der Waals surface area contributed by atoms with Gasteiger partial charge in [0, 0.05) is 5.75 Å². The average molecular weight is 268 g/mol. The number of carbonyl (C=O) groups excluding carboxylic acids is 1. The number of carboxylic acid groups (broad SMARTS) is 1. The highest BCUT2D eigenvalue weighted by Crippen LogP contribution is 2.25. The monoisotopic (exact) mass is 268 g/mol. The third-order valence-corrected chi connectivity index (χ3v) is 3.50. The minimum atomic E-state index is -0.987. The summed E-state index contributed by atoms with van der Waals surface area (Å²) < 4.78 is 10.3. The maximum atomic E-state index is 11.6. The molecule has 1 aromatic carbocycles. The van der Waals surface area contributed by atoms with Crippen LogP contribution < -0.4 is 0 Å². The molecule has 5 nitrogen and oxygen atoms in total. The van der Waals surface area contributed by atoms with E-state index in [1.807, 2.05) is 6.07 Å². The molecule has 1 aromatic rings. The fraction of sp³-hybridized carbons (Fsp3) is 0.333. The molecule has 1 aliphatic heterocycles. The van der Waals surface area contributed by atoms with Gasteiger partial charge in [-0.15, -0.1) is 11.8 Å². The highest BCUT2D eigenvalue weighted by atomic mass is 32.2. The van der Waals surface area contributed by atoms with Crippen molar-refractivity contribution in [1.82, 2.24) is 0 Å². The first-order chi connectivity index (χ1) is 8.66. The Kier molecular flexibility index (Phi) is 4.22. The van der Waals surface area contributed by atoms with Gasteiger partial charge >= 0.3 is 11.9 Å². The van der Waals surface area contributed by atoms with E-state index in [9.17, 15) is 9.59 Å². The van der Waals surface area contributed by atoms with Crippen molar-refractivity contribution in [2.24, 2.45) is 0 Å². The number of benzene rings is 1. The Balaban J connectivity index is 1.79. The Labute approximate surface area is 108 Å². The third kappa shape index (κ3) is 3.24. The number of thioether (sulfide) groups is 1. The van der Waals surface area contributed by atoms with Crippen LogP contribution >= 0.6 is 11.8 Å². The number of hydrogen-bond acceptors (Lipinski definition) is 5. The van der Waals surface area contributed by atoms with Gasteiger partial charge in [0.25, 0.3) is 0 Å². The molecule has 1 fully saturated rings. The first kappa shape index (κ1) is 12.9. The zero-order valence-corrected chi connectivity index (χ0v) is 10.3. The van der Waals surface area contributed by atoms with Gasteiger partial charge in [-0.1, -0.05) is 18.2 Å². The highest BCUT2D eigenvalue weighted by Gasteiger charge is 2.31. The Morgan fingerprint density at radius 2 is 2.11 bits per heavy atom. The molecule has 0 unspecified atom stereocenters. The van der Waals surface area contributed by atoms with E-state index in [1.165, 1.54) is 11.8 Å². The molecule has 0 saturated carbocycles. The molecule has 0 aliphatic carbocycles. The van der Waals surface area contributed by atoms with Gasteiger partial charge in [-0.2, -0.15) is 0 Å². The van der Waals surface area contributed by atoms with Gasteiger partial charge in [0.1, 0.15) is 12.0 Å². The largest absolute Gasteiger partial charge is 0.479 e. The topological polar surface area (TPSA) is 72.8 Å². The van der Waals surface area contributed by atoms with Crippen LogP contribution in [0.3, 0.4) is 0 Å². The standard InChI is InChI=1S/C12H12O5S/c13-11(14)9-7-18-10(17-9)6-16-12(15)8-4-2-1-3-5-8/h1-5,9-10H,6-7H2,(H,13,14)/t9-,10-/m1/s1. The Morgan fingerprint density at radius 3 is 2.72 bits per heavy atom. The molecule has 1 heterocycles. The molecule has 6 heteroatoms. The molecule has 0 amide bonds. The Bertz CT molecular complexity index is 433. The van der Waals surface area contributed by atoms with E-state index >= 15 is 0 Å². The highest BCUT2D eigenvalue weighted by molar-refractivity contribution is 8.00. The lowest BCUT2D eigenvalue weighted by molar-refractivity contribution is -0.149. The van der Waals surface area contributed by atoms with Gasteiger partial charge in [-0.3, -0.25) is 0 Å². The molecule has 0 aromatic heterocycles. The van der Waals surface area contributed by atoms with Gasteiger partial charge in [0.15, 0.2) is 6.10 Å². The second-order valence-corrected chi connectivity index (χ2v) is 4.88. The van der Waals surface area contributed by atoms with Crippen molar-refractivity contribution in [3.63, 3.8) is 0 Å². The van der Waals surface area contributed by atoms with Crippen molar-refractivity contribution in [1.29, 1.82) is 0 Å². The van der Waals surface area contributed by atoms with Gasteiger partial charge in [0.2, 0.25) is 0 Å². The smallest absolute Gasteiger partial charge is 0.338 e. The van der Waals surface area contributed by atoms with Crippen LogP contribution in [0.4, 0.5) is 0 Å². The van der Waals surface area contributed by atoms with E-state index in [0.717, 1.165) is 0 Å². The lowest BCUT2D eigenvalue weighted by atomic mass is 10.2. The van der Waals surface area contributed by atoms with Crippen LogP contribution in [0.25, 0.3) is 0 Å².